The van der Waals surface area contributed by atoms with Crippen molar-refractivity contribution in [3.05, 3.63) is 47.4 Å². The van der Waals surface area contributed by atoms with Crippen LogP contribution in [0, 0.1) is 5.92 Å². The number of pyridine rings is 1. The van der Waals surface area contributed by atoms with Crippen LogP contribution in [0.25, 0.3) is 0 Å². The van der Waals surface area contributed by atoms with Gasteiger partial charge in [0.05, 0.1) is 18.3 Å². The second-order valence-corrected chi connectivity index (χ2v) is 12.2. The normalized spacial score (nSPS) is 20.6. The van der Waals surface area contributed by atoms with Gasteiger partial charge in [-0.1, -0.05) is 20.8 Å². The van der Waals surface area contributed by atoms with Gasteiger partial charge in [-0.05, 0) is 50.3 Å². The molecule has 1 atom stereocenters. The minimum atomic E-state index is -0.0127. The van der Waals surface area contributed by atoms with E-state index in [-0.39, 0.29) is 23.3 Å². The third-order valence-electron chi connectivity index (χ3n) is 8.09. The van der Waals surface area contributed by atoms with Crippen molar-refractivity contribution < 1.29 is 9.53 Å². The molecule has 0 spiro atoms. The summed E-state index contributed by atoms with van der Waals surface area (Å²) in [4.78, 5) is 19.0. The zero-order valence-corrected chi connectivity index (χ0v) is 23.5. The Morgan fingerprint density at radius 1 is 1.03 bits per heavy atom. The number of carbonyl (C=O) groups is 1. The highest BCUT2D eigenvalue weighted by Crippen LogP contribution is 2.34. The van der Waals surface area contributed by atoms with Crippen molar-refractivity contribution in [3.63, 3.8) is 0 Å². The van der Waals surface area contributed by atoms with Crippen LogP contribution in [0.5, 0.6) is 0 Å². The van der Waals surface area contributed by atoms with E-state index >= 15 is 0 Å². The summed E-state index contributed by atoms with van der Waals surface area (Å²) in [6.45, 7) is 13.0. The van der Waals surface area contributed by atoms with E-state index in [0.717, 1.165) is 75.7 Å². The summed E-state index contributed by atoms with van der Waals surface area (Å²) in [7, 11) is 0. The fourth-order valence-corrected chi connectivity index (χ4v) is 5.63. The first kappa shape index (κ1) is 26.0. The zero-order chi connectivity index (χ0) is 27.1. The lowest BCUT2D eigenvalue weighted by molar-refractivity contribution is -0.117. The van der Waals surface area contributed by atoms with Gasteiger partial charge in [0.25, 0.3) is 0 Å². The average Bonchev–Trinajstić information content (AvgIpc) is 3.55. The SMILES string of the molecule is C[C@@H]1c2cc(Nc3cc(C(C)(C)C)n(C4CCOCC4)n3)nn2CCN1Cc1ccnc(NC(=O)C2CC2)c1. The molecule has 2 aliphatic heterocycles. The van der Waals surface area contributed by atoms with E-state index in [9.17, 15) is 4.79 Å². The second-order valence-electron chi connectivity index (χ2n) is 12.2. The molecule has 5 heterocycles. The smallest absolute Gasteiger partial charge is 0.228 e. The topological polar surface area (TPSA) is 102 Å². The second kappa shape index (κ2) is 10.4. The Bertz CT molecular complexity index is 1330. The van der Waals surface area contributed by atoms with Gasteiger partial charge in [0, 0.05) is 67.7 Å². The van der Waals surface area contributed by atoms with Gasteiger partial charge in [0.1, 0.15) is 5.82 Å². The Morgan fingerprint density at radius 2 is 1.79 bits per heavy atom. The summed E-state index contributed by atoms with van der Waals surface area (Å²) in [5.41, 5.74) is 3.54. The van der Waals surface area contributed by atoms with Crippen LogP contribution >= 0.6 is 0 Å². The predicted molar refractivity (Wildman–Crippen MR) is 150 cm³/mol. The molecule has 0 aromatic carbocycles. The largest absolute Gasteiger partial charge is 0.381 e. The average molecular weight is 533 g/mol. The number of carbonyl (C=O) groups excluding carboxylic acids is 1. The van der Waals surface area contributed by atoms with Crippen molar-refractivity contribution in [1.29, 1.82) is 0 Å². The van der Waals surface area contributed by atoms with E-state index < -0.39 is 0 Å². The summed E-state index contributed by atoms with van der Waals surface area (Å²) in [5.74, 6) is 2.55. The highest BCUT2D eigenvalue weighted by Gasteiger charge is 2.31. The number of hydrogen-bond donors (Lipinski definition) is 2. The summed E-state index contributed by atoms with van der Waals surface area (Å²) < 4.78 is 9.91. The van der Waals surface area contributed by atoms with E-state index in [2.05, 4.69) is 69.7 Å². The summed E-state index contributed by atoms with van der Waals surface area (Å²) in [5, 5.41) is 16.3. The summed E-state index contributed by atoms with van der Waals surface area (Å²) in [6, 6.07) is 8.90. The Morgan fingerprint density at radius 3 is 2.54 bits per heavy atom. The first-order valence-corrected chi connectivity index (χ1v) is 14.3. The number of nitrogens with zero attached hydrogens (tertiary/aromatic N) is 6. The van der Waals surface area contributed by atoms with Crippen molar-refractivity contribution >= 4 is 23.4 Å². The number of fused-ring (bicyclic) bond motifs is 1. The van der Waals surface area contributed by atoms with Crippen molar-refractivity contribution in [2.24, 2.45) is 5.92 Å². The van der Waals surface area contributed by atoms with E-state index in [1.54, 1.807) is 6.20 Å². The molecule has 0 radical (unpaired) electrons. The molecule has 1 saturated carbocycles. The number of ether oxygens (including phenoxy) is 1. The van der Waals surface area contributed by atoms with Crippen molar-refractivity contribution in [2.45, 2.75) is 84.0 Å². The highest BCUT2D eigenvalue weighted by molar-refractivity contribution is 5.93. The fourth-order valence-electron chi connectivity index (χ4n) is 5.63. The minimum Gasteiger partial charge on any atom is -0.381 e. The number of aromatic nitrogens is 5. The van der Waals surface area contributed by atoms with Gasteiger partial charge in [0.2, 0.25) is 5.91 Å². The molecule has 208 valence electrons. The van der Waals surface area contributed by atoms with Gasteiger partial charge in [-0.25, -0.2) is 4.98 Å². The van der Waals surface area contributed by atoms with Crippen molar-refractivity contribution in [2.75, 3.05) is 30.4 Å². The Hall–Kier alpha value is -3.24. The van der Waals surface area contributed by atoms with Crippen molar-refractivity contribution in [1.82, 2.24) is 29.4 Å². The molecule has 3 aromatic heterocycles. The van der Waals surface area contributed by atoms with Crippen LogP contribution in [0.4, 0.5) is 17.5 Å². The number of nitrogens with one attached hydrogen (secondary N) is 2. The van der Waals surface area contributed by atoms with Crippen molar-refractivity contribution in [3.8, 4) is 0 Å². The lowest BCUT2D eigenvalue weighted by atomic mass is 9.91. The molecule has 0 unspecified atom stereocenters. The van der Waals surface area contributed by atoms with Gasteiger partial charge < -0.3 is 15.4 Å². The Labute approximate surface area is 230 Å². The number of hydrogen-bond acceptors (Lipinski definition) is 7. The molecular weight excluding hydrogens is 492 g/mol. The van der Waals surface area contributed by atoms with E-state index in [1.165, 1.54) is 11.4 Å². The van der Waals surface area contributed by atoms with E-state index in [1.807, 2.05) is 12.1 Å². The molecular formula is C29H40N8O2. The Kier molecular flexibility index (Phi) is 6.93. The number of rotatable bonds is 7. The molecule has 0 bridgehead atoms. The van der Waals surface area contributed by atoms with Gasteiger partial charge in [-0.2, -0.15) is 10.2 Å². The maximum absolute atomic E-state index is 12.2. The quantitative estimate of drug-likeness (QED) is 0.451. The predicted octanol–water partition coefficient (Wildman–Crippen LogP) is 4.79. The van der Waals surface area contributed by atoms with Gasteiger partial charge >= 0.3 is 0 Å². The summed E-state index contributed by atoms with van der Waals surface area (Å²) >= 11 is 0. The van der Waals surface area contributed by atoms with E-state index in [4.69, 9.17) is 14.9 Å². The molecule has 1 aliphatic carbocycles. The molecule has 2 fully saturated rings. The minimum absolute atomic E-state index is 0.0127. The number of amides is 1. The molecule has 3 aromatic rings. The van der Waals surface area contributed by atoms with Gasteiger partial charge in [-0.15, -0.1) is 0 Å². The molecule has 2 N–H and O–H groups in total. The lowest BCUT2D eigenvalue weighted by Crippen LogP contribution is -2.36. The third kappa shape index (κ3) is 5.72. The summed E-state index contributed by atoms with van der Waals surface area (Å²) in [6.07, 6.45) is 5.72. The lowest BCUT2D eigenvalue weighted by Gasteiger charge is -2.33. The van der Waals surface area contributed by atoms with Crippen LogP contribution in [-0.4, -0.2) is 55.1 Å². The van der Waals surface area contributed by atoms with Gasteiger partial charge in [-0.3, -0.25) is 19.1 Å². The number of anilines is 3. The third-order valence-corrected chi connectivity index (χ3v) is 8.09. The highest BCUT2D eigenvalue weighted by atomic mass is 16.5. The molecule has 39 heavy (non-hydrogen) atoms. The fraction of sp³-hybridized carbons (Fsp3) is 0.586. The molecule has 1 saturated heterocycles. The standard InChI is InChI=1S/C29H40N8O2/c1-19-23-16-26(31-27-17-24(29(2,3)4)37(34-27)22-8-13-39-14-9-22)33-36(23)12-11-35(19)18-20-7-10-30-25(15-20)32-28(38)21-5-6-21/h7,10,15-17,19,21-22H,5-6,8-9,11-14,18H2,1-4H3,(H,30,32,38)(H,31,33,34)/t19-/m1/s1. The van der Waals surface area contributed by atoms with Crippen LogP contribution in [0.15, 0.2) is 30.5 Å². The monoisotopic (exact) mass is 532 g/mol. The Balaban J connectivity index is 1.15. The van der Waals surface area contributed by atoms with Crippen LogP contribution in [0.2, 0.25) is 0 Å². The first-order chi connectivity index (χ1) is 18.7. The molecule has 3 aliphatic rings. The van der Waals surface area contributed by atoms with Crippen LogP contribution < -0.4 is 10.6 Å². The zero-order valence-electron chi connectivity index (χ0n) is 23.5. The van der Waals surface area contributed by atoms with Gasteiger partial charge in [0.15, 0.2) is 11.6 Å². The van der Waals surface area contributed by atoms with E-state index in [0.29, 0.717) is 11.9 Å². The van der Waals surface area contributed by atoms with Crippen LogP contribution in [-0.2, 0) is 28.0 Å². The van der Waals surface area contributed by atoms with Crippen LogP contribution in [0.3, 0.4) is 0 Å². The molecule has 1 amide bonds. The molecule has 10 heteroatoms. The molecule has 6 rings (SSSR count). The first-order valence-electron chi connectivity index (χ1n) is 14.3. The maximum Gasteiger partial charge on any atom is 0.228 e. The van der Waals surface area contributed by atoms with Crippen LogP contribution in [0.1, 0.15) is 82.4 Å². The molecule has 10 nitrogen and oxygen atoms in total. The maximum atomic E-state index is 12.2.